The molecule has 0 aromatic heterocycles. The van der Waals surface area contributed by atoms with Crippen molar-refractivity contribution in [3.63, 3.8) is 0 Å². The third kappa shape index (κ3) is 0.897. The van der Waals surface area contributed by atoms with Gasteiger partial charge in [0.2, 0.25) is 0 Å². The molecule has 0 saturated carbocycles. The Bertz CT molecular complexity index is 288. The molecule has 0 bridgehead atoms. The standard InChI is InChI=1S/C9H10O3/c1-6-3-4-9(5-10,7(6)2)8(11)12/h3,5H,2,4H2,1H3,(H,11,12). The second kappa shape index (κ2) is 2.59. The number of carbonyl (C=O) groups is 2. The molecule has 3 heteroatoms. The Morgan fingerprint density at radius 1 is 1.83 bits per heavy atom. The van der Waals surface area contributed by atoms with Crippen molar-refractivity contribution < 1.29 is 14.7 Å². The number of carboxylic acids is 1. The topological polar surface area (TPSA) is 54.4 Å². The van der Waals surface area contributed by atoms with Crippen LogP contribution in [0.5, 0.6) is 0 Å². The van der Waals surface area contributed by atoms with Gasteiger partial charge in [0.25, 0.3) is 0 Å². The Kier molecular flexibility index (Phi) is 1.88. The fraction of sp³-hybridized carbons (Fsp3) is 0.333. The maximum atomic E-state index is 10.8. The highest BCUT2D eigenvalue weighted by Gasteiger charge is 2.44. The van der Waals surface area contributed by atoms with Gasteiger partial charge in [-0.05, 0) is 18.9 Å². The third-order valence-electron chi connectivity index (χ3n) is 2.33. The lowest BCUT2D eigenvalue weighted by Crippen LogP contribution is -2.31. The Labute approximate surface area is 70.4 Å². The fourth-order valence-corrected chi connectivity index (χ4v) is 1.30. The van der Waals surface area contributed by atoms with Gasteiger partial charge < -0.3 is 9.90 Å². The van der Waals surface area contributed by atoms with E-state index in [1.54, 1.807) is 13.0 Å². The van der Waals surface area contributed by atoms with Crippen LogP contribution in [0.15, 0.2) is 23.8 Å². The lowest BCUT2D eigenvalue weighted by molar-refractivity contribution is -0.148. The number of aliphatic carboxylic acids is 1. The van der Waals surface area contributed by atoms with E-state index in [9.17, 15) is 9.59 Å². The van der Waals surface area contributed by atoms with Crippen molar-refractivity contribution in [1.29, 1.82) is 0 Å². The average Bonchev–Trinajstić information content (AvgIpc) is 2.31. The molecule has 0 aromatic rings. The SMILES string of the molecule is C=C1C(C)=CCC1(C=O)C(=O)O. The van der Waals surface area contributed by atoms with Gasteiger partial charge in [0.05, 0.1) is 0 Å². The summed E-state index contributed by atoms with van der Waals surface area (Å²) in [6.07, 6.45) is 2.42. The molecular formula is C9H10O3. The molecule has 0 aliphatic heterocycles. The van der Waals surface area contributed by atoms with Crippen LogP contribution in [-0.2, 0) is 9.59 Å². The zero-order valence-corrected chi connectivity index (χ0v) is 6.83. The smallest absolute Gasteiger partial charge is 0.321 e. The molecule has 0 amide bonds. The molecule has 1 atom stereocenters. The van der Waals surface area contributed by atoms with Gasteiger partial charge in [-0.1, -0.05) is 18.2 Å². The number of allylic oxidation sites excluding steroid dienone is 2. The Balaban J connectivity index is 3.10. The molecule has 0 spiro atoms. The summed E-state index contributed by atoms with van der Waals surface area (Å²) in [5.41, 5.74) is -0.182. The van der Waals surface area contributed by atoms with Crippen molar-refractivity contribution in [3.8, 4) is 0 Å². The van der Waals surface area contributed by atoms with Crippen molar-refractivity contribution in [2.45, 2.75) is 13.3 Å². The van der Waals surface area contributed by atoms with E-state index < -0.39 is 11.4 Å². The molecule has 0 heterocycles. The molecule has 0 fully saturated rings. The van der Waals surface area contributed by atoms with E-state index in [2.05, 4.69) is 6.58 Å². The Hall–Kier alpha value is -1.38. The normalized spacial score (nSPS) is 28.4. The minimum Gasteiger partial charge on any atom is -0.480 e. The minimum atomic E-state index is -1.38. The molecule has 0 radical (unpaired) electrons. The van der Waals surface area contributed by atoms with Gasteiger partial charge >= 0.3 is 5.97 Å². The largest absolute Gasteiger partial charge is 0.480 e. The highest BCUT2D eigenvalue weighted by molar-refractivity contribution is 5.98. The molecule has 1 N–H and O–H groups in total. The van der Waals surface area contributed by atoms with Gasteiger partial charge in [-0.15, -0.1) is 0 Å². The van der Waals surface area contributed by atoms with Crippen LogP contribution in [0, 0.1) is 5.41 Å². The summed E-state index contributed by atoms with van der Waals surface area (Å²) in [7, 11) is 0. The van der Waals surface area contributed by atoms with Crippen LogP contribution in [0.2, 0.25) is 0 Å². The molecule has 1 aliphatic carbocycles. The zero-order valence-electron chi connectivity index (χ0n) is 6.83. The highest BCUT2D eigenvalue weighted by atomic mass is 16.4. The lowest BCUT2D eigenvalue weighted by Gasteiger charge is -2.18. The van der Waals surface area contributed by atoms with Crippen molar-refractivity contribution in [2.24, 2.45) is 5.41 Å². The molecule has 0 saturated heterocycles. The van der Waals surface area contributed by atoms with Crippen LogP contribution >= 0.6 is 0 Å². The maximum absolute atomic E-state index is 10.8. The molecule has 1 unspecified atom stereocenters. The van der Waals surface area contributed by atoms with Crippen LogP contribution in [0.4, 0.5) is 0 Å². The van der Waals surface area contributed by atoms with Gasteiger partial charge in [-0.25, -0.2) is 0 Å². The summed E-state index contributed by atoms with van der Waals surface area (Å²) in [6, 6.07) is 0. The molecule has 3 nitrogen and oxygen atoms in total. The number of rotatable bonds is 2. The summed E-state index contributed by atoms with van der Waals surface area (Å²) < 4.78 is 0. The van der Waals surface area contributed by atoms with Crippen LogP contribution in [-0.4, -0.2) is 17.4 Å². The van der Waals surface area contributed by atoms with E-state index in [0.29, 0.717) is 11.9 Å². The second-order valence-electron chi connectivity index (χ2n) is 2.96. The summed E-state index contributed by atoms with van der Waals surface area (Å²) in [5.74, 6) is -1.12. The van der Waals surface area contributed by atoms with Gasteiger partial charge in [0.1, 0.15) is 6.29 Å². The van der Waals surface area contributed by atoms with Gasteiger partial charge in [0, 0.05) is 0 Å². The Morgan fingerprint density at radius 2 is 2.42 bits per heavy atom. The molecule has 1 aliphatic rings. The molecule has 1 rings (SSSR count). The first kappa shape index (κ1) is 8.71. The van der Waals surface area contributed by atoms with Crippen molar-refractivity contribution in [1.82, 2.24) is 0 Å². The molecule has 0 aromatic carbocycles. The van der Waals surface area contributed by atoms with Crippen molar-refractivity contribution in [3.05, 3.63) is 23.8 Å². The Morgan fingerprint density at radius 3 is 2.58 bits per heavy atom. The summed E-state index contributed by atoms with van der Waals surface area (Å²) in [4.78, 5) is 21.4. The predicted octanol–water partition coefficient (Wildman–Crippen LogP) is 1.16. The van der Waals surface area contributed by atoms with E-state index >= 15 is 0 Å². The quantitative estimate of drug-likeness (QED) is 0.494. The lowest BCUT2D eigenvalue weighted by atomic mass is 9.82. The minimum absolute atomic E-state index is 0.233. The van der Waals surface area contributed by atoms with Crippen LogP contribution in [0.3, 0.4) is 0 Å². The van der Waals surface area contributed by atoms with Crippen LogP contribution in [0.25, 0.3) is 0 Å². The first-order valence-electron chi connectivity index (χ1n) is 3.61. The van der Waals surface area contributed by atoms with Gasteiger partial charge in [-0.2, -0.15) is 0 Å². The second-order valence-corrected chi connectivity index (χ2v) is 2.96. The molecular weight excluding hydrogens is 156 g/mol. The number of hydrogen-bond acceptors (Lipinski definition) is 2. The van der Waals surface area contributed by atoms with E-state index in [1.807, 2.05) is 0 Å². The van der Waals surface area contributed by atoms with E-state index in [4.69, 9.17) is 5.11 Å². The number of carbonyl (C=O) groups excluding carboxylic acids is 1. The summed E-state index contributed by atoms with van der Waals surface area (Å²) in [6.45, 7) is 5.36. The van der Waals surface area contributed by atoms with Crippen molar-refractivity contribution >= 4 is 12.3 Å². The van der Waals surface area contributed by atoms with E-state index in [-0.39, 0.29) is 6.42 Å². The van der Waals surface area contributed by atoms with E-state index in [0.717, 1.165) is 5.57 Å². The monoisotopic (exact) mass is 166 g/mol. The maximum Gasteiger partial charge on any atom is 0.321 e. The zero-order chi connectivity index (χ0) is 9.35. The summed E-state index contributed by atoms with van der Waals surface area (Å²) >= 11 is 0. The fourth-order valence-electron chi connectivity index (χ4n) is 1.30. The number of aldehydes is 1. The van der Waals surface area contributed by atoms with Gasteiger partial charge in [0.15, 0.2) is 5.41 Å². The van der Waals surface area contributed by atoms with Crippen LogP contribution in [0.1, 0.15) is 13.3 Å². The first-order valence-corrected chi connectivity index (χ1v) is 3.61. The first-order chi connectivity index (χ1) is 5.54. The average molecular weight is 166 g/mol. The van der Waals surface area contributed by atoms with Crippen molar-refractivity contribution in [2.75, 3.05) is 0 Å². The van der Waals surface area contributed by atoms with Crippen LogP contribution < -0.4 is 0 Å². The predicted molar refractivity (Wildman–Crippen MR) is 43.6 cm³/mol. The molecule has 64 valence electrons. The van der Waals surface area contributed by atoms with E-state index in [1.165, 1.54) is 0 Å². The number of carboxylic acid groups (broad SMARTS) is 1. The number of hydrogen-bond donors (Lipinski definition) is 1. The summed E-state index contributed by atoms with van der Waals surface area (Å²) in [5, 5.41) is 8.83. The highest BCUT2D eigenvalue weighted by Crippen LogP contribution is 2.39. The molecule has 12 heavy (non-hydrogen) atoms. The van der Waals surface area contributed by atoms with Gasteiger partial charge in [-0.3, -0.25) is 4.79 Å². The third-order valence-corrected chi connectivity index (χ3v) is 2.33.